The van der Waals surface area contributed by atoms with Gasteiger partial charge in [-0.15, -0.1) is 0 Å². The molecule has 0 unspecified atom stereocenters. The summed E-state index contributed by atoms with van der Waals surface area (Å²) in [5.41, 5.74) is 0.875. The molecule has 0 saturated heterocycles. The van der Waals surface area contributed by atoms with Gasteiger partial charge in [0.25, 0.3) is 5.69 Å². The number of ether oxygens (including phenoxy) is 2. The van der Waals surface area contributed by atoms with Crippen LogP contribution in [-0.4, -0.2) is 19.1 Å². The molecular weight excluding hydrogens is 260 g/mol. The maximum atomic E-state index is 10.8. The van der Waals surface area contributed by atoms with Crippen LogP contribution in [0.5, 0.6) is 17.2 Å². The molecule has 0 atom stereocenters. The average Bonchev–Trinajstić information content (AvgIpc) is 2.47. The first-order valence-corrected chi connectivity index (χ1v) is 5.91. The summed E-state index contributed by atoms with van der Waals surface area (Å²) in [5.74, 6) is 1.32. The molecule has 0 radical (unpaired) electrons. The first-order valence-electron chi connectivity index (χ1n) is 5.91. The summed E-state index contributed by atoms with van der Waals surface area (Å²) in [6, 6.07) is 11.5. The van der Waals surface area contributed by atoms with E-state index in [1.165, 1.54) is 19.2 Å². The minimum absolute atomic E-state index is 0.0776. The van der Waals surface area contributed by atoms with Crippen molar-refractivity contribution in [3.05, 3.63) is 52.6 Å². The van der Waals surface area contributed by atoms with Gasteiger partial charge in [0.15, 0.2) is 0 Å². The van der Waals surface area contributed by atoms with Crippen molar-refractivity contribution in [1.82, 2.24) is 0 Å². The Bertz CT molecular complexity index is 611. The SMILES string of the molecule is CNc1ccc(Oc2cc(OC)cc([N+](=O)[O-])c2)cc1. The maximum absolute atomic E-state index is 10.8. The highest BCUT2D eigenvalue weighted by molar-refractivity contribution is 5.49. The van der Waals surface area contributed by atoms with E-state index in [0.717, 1.165) is 5.69 Å². The van der Waals surface area contributed by atoms with Crippen molar-refractivity contribution in [2.75, 3.05) is 19.5 Å². The summed E-state index contributed by atoms with van der Waals surface area (Å²) in [5, 5.41) is 13.8. The Morgan fingerprint density at radius 3 is 2.25 bits per heavy atom. The second-order valence-electron chi connectivity index (χ2n) is 4.00. The van der Waals surface area contributed by atoms with Crippen molar-refractivity contribution in [2.45, 2.75) is 0 Å². The number of nitrogens with one attached hydrogen (secondary N) is 1. The number of anilines is 1. The molecule has 0 heterocycles. The number of nitro benzene ring substituents is 1. The summed E-state index contributed by atoms with van der Waals surface area (Å²) in [6.45, 7) is 0. The van der Waals surface area contributed by atoms with E-state index in [2.05, 4.69) is 5.32 Å². The lowest BCUT2D eigenvalue weighted by Gasteiger charge is -2.08. The van der Waals surface area contributed by atoms with Gasteiger partial charge in [-0.05, 0) is 24.3 Å². The third-order valence-electron chi connectivity index (χ3n) is 2.69. The molecule has 2 rings (SSSR count). The van der Waals surface area contributed by atoms with Crippen LogP contribution in [0.4, 0.5) is 11.4 Å². The van der Waals surface area contributed by atoms with E-state index in [1.54, 1.807) is 18.2 Å². The monoisotopic (exact) mass is 274 g/mol. The number of methoxy groups -OCH3 is 1. The zero-order chi connectivity index (χ0) is 14.5. The van der Waals surface area contributed by atoms with E-state index in [-0.39, 0.29) is 5.69 Å². The molecule has 0 saturated carbocycles. The van der Waals surface area contributed by atoms with Crippen LogP contribution >= 0.6 is 0 Å². The number of hydrogen-bond acceptors (Lipinski definition) is 5. The van der Waals surface area contributed by atoms with Crippen LogP contribution in [0.3, 0.4) is 0 Å². The Hall–Kier alpha value is -2.76. The van der Waals surface area contributed by atoms with Crippen LogP contribution in [-0.2, 0) is 0 Å². The third kappa shape index (κ3) is 3.17. The molecule has 1 N–H and O–H groups in total. The van der Waals surface area contributed by atoms with Crippen molar-refractivity contribution in [1.29, 1.82) is 0 Å². The number of non-ortho nitro benzene ring substituents is 1. The summed E-state index contributed by atoms with van der Waals surface area (Å²) < 4.78 is 10.6. The Morgan fingerprint density at radius 1 is 1.05 bits per heavy atom. The topological polar surface area (TPSA) is 73.6 Å². The zero-order valence-electron chi connectivity index (χ0n) is 11.1. The minimum atomic E-state index is -0.487. The molecule has 0 fully saturated rings. The van der Waals surface area contributed by atoms with Gasteiger partial charge >= 0.3 is 0 Å². The smallest absolute Gasteiger partial charge is 0.276 e. The van der Waals surface area contributed by atoms with E-state index < -0.39 is 4.92 Å². The fourth-order valence-electron chi connectivity index (χ4n) is 1.66. The van der Waals surface area contributed by atoms with Crippen LogP contribution in [0.1, 0.15) is 0 Å². The summed E-state index contributed by atoms with van der Waals surface area (Å²) in [6.07, 6.45) is 0. The molecule has 0 aliphatic rings. The predicted octanol–water partition coefficient (Wildman–Crippen LogP) is 3.44. The van der Waals surface area contributed by atoms with Crippen molar-refractivity contribution in [3.8, 4) is 17.2 Å². The van der Waals surface area contributed by atoms with Gasteiger partial charge in [-0.2, -0.15) is 0 Å². The van der Waals surface area contributed by atoms with Crippen LogP contribution in [0.2, 0.25) is 0 Å². The van der Waals surface area contributed by atoms with Gasteiger partial charge in [0.2, 0.25) is 0 Å². The minimum Gasteiger partial charge on any atom is -0.496 e. The summed E-state index contributed by atoms with van der Waals surface area (Å²) in [7, 11) is 3.27. The van der Waals surface area contributed by atoms with E-state index in [0.29, 0.717) is 17.2 Å². The maximum Gasteiger partial charge on any atom is 0.276 e. The van der Waals surface area contributed by atoms with Crippen LogP contribution in [0, 0.1) is 10.1 Å². The van der Waals surface area contributed by atoms with Crippen LogP contribution < -0.4 is 14.8 Å². The van der Waals surface area contributed by atoms with E-state index in [1.807, 2.05) is 19.2 Å². The molecular formula is C14H14N2O4. The molecule has 0 amide bonds. The Morgan fingerprint density at radius 2 is 1.70 bits per heavy atom. The quantitative estimate of drug-likeness (QED) is 0.667. The lowest BCUT2D eigenvalue weighted by atomic mass is 10.2. The summed E-state index contributed by atoms with van der Waals surface area (Å²) >= 11 is 0. The average molecular weight is 274 g/mol. The Balaban J connectivity index is 2.27. The fourth-order valence-corrected chi connectivity index (χ4v) is 1.66. The molecule has 6 nitrogen and oxygen atoms in total. The first-order chi connectivity index (χ1) is 9.62. The second-order valence-corrected chi connectivity index (χ2v) is 4.00. The zero-order valence-corrected chi connectivity index (χ0v) is 11.1. The number of nitrogens with zero attached hydrogens (tertiary/aromatic N) is 1. The number of rotatable bonds is 5. The van der Waals surface area contributed by atoms with Gasteiger partial charge in [0.05, 0.1) is 24.2 Å². The van der Waals surface area contributed by atoms with Crippen molar-refractivity contribution >= 4 is 11.4 Å². The molecule has 0 spiro atoms. The number of nitro groups is 1. The molecule has 0 aliphatic carbocycles. The lowest BCUT2D eigenvalue weighted by molar-refractivity contribution is -0.385. The standard InChI is InChI=1S/C14H14N2O4/c1-15-10-3-5-12(6-4-10)20-14-8-11(16(17)18)7-13(9-14)19-2/h3-9,15H,1-2H3. The van der Waals surface area contributed by atoms with Gasteiger partial charge in [0, 0.05) is 18.8 Å². The molecule has 0 bridgehead atoms. The fraction of sp³-hybridized carbons (Fsp3) is 0.143. The molecule has 6 heteroatoms. The predicted molar refractivity (Wildman–Crippen MR) is 75.7 cm³/mol. The number of hydrogen-bond donors (Lipinski definition) is 1. The third-order valence-corrected chi connectivity index (χ3v) is 2.69. The molecule has 0 aliphatic heterocycles. The van der Waals surface area contributed by atoms with E-state index >= 15 is 0 Å². The van der Waals surface area contributed by atoms with Gasteiger partial charge in [-0.1, -0.05) is 0 Å². The van der Waals surface area contributed by atoms with Gasteiger partial charge in [-0.25, -0.2) is 0 Å². The highest BCUT2D eigenvalue weighted by Gasteiger charge is 2.11. The van der Waals surface area contributed by atoms with E-state index in [9.17, 15) is 10.1 Å². The van der Waals surface area contributed by atoms with Gasteiger partial charge in [0.1, 0.15) is 17.2 Å². The van der Waals surface area contributed by atoms with Crippen LogP contribution in [0.25, 0.3) is 0 Å². The molecule has 0 aromatic heterocycles. The Labute approximate surface area is 116 Å². The number of benzene rings is 2. The molecule has 104 valence electrons. The van der Waals surface area contributed by atoms with Crippen molar-refractivity contribution < 1.29 is 14.4 Å². The van der Waals surface area contributed by atoms with Gasteiger partial charge in [-0.3, -0.25) is 10.1 Å². The largest absolute Gasteiger partial charge is 0.496 e. The Kier molecular flexibility index (Phi) is 4.05. The highest BCUT2D eigenvalue weighted by atomic mass is 16.6. The molecule has 2 aromatic carbocycles. The van der Waals surface area contributed by atoms with Crippen molar-refractivity contribution in [2.24, 2.45) is 0 Å². The summed E-state index contributed by atoms with van der Waals surface area (Å²) in [4.78, 5) is 10.4. The van der Waals surface area contributed by atoms with Gasteiger partial charge < -0.3 is 14.8 Å². The highest BCUT2D eigenvalue weighted by Crippen LogP contribution is 2.31. The first kappa shape index (κ1) is 13.7. The van der Waals surface area contributed by atoms with E-state index in [4.69, 9.17) is 9.47 Å². The van der Waals surface area contributed by atoms with Crippen LogP contribution in [0.15, 0.2) is 42.5 Å². The molecule has 2 aromatic rings. The van der Waals surface area contributed by atoms with Crippen molar-refractivity contribution in [3.63, 3.8) is 0 Å². The molecule has 20 heavy (non-hydrogen) atoms. The second kappa shape index (κ2) is 5.92. The normalized spacial score (nSPS) is 9.90. The lowest BCUT2D eigenvalue weighted by Crippen LogP contribution is -1.93.